The molecule has 0 bridgehead atoms. The van der Waals surface area contributed by atoms with Gasteiger partial charge in [-0.3, -0.25) is 9.69 Å². The maximum Gasteiger partial charge on any atom is 0.294 e. The van der Waals surface area contributed by atoms with Crippen LogP contribution in [0.5, 0.6) is 5.75 Å². The van der Waals surface area contributed by atoms with E-state index in [0.717, 1.165) is 11.1 Å². The van der Waals surface area contributed by atoms with Gasteiger partial charge in [-0.2, -0.15) is 0 Å². The molecule has 0 saturated heterocycles. The molecule has 1 N–H and O–H groups in total. The second kappa shape index (κ2) is 7.41. The molecule has 0 aromatic heterocycles. The molecule has 5 heteroatoms. The molecule has 1 aliphatic heterocycles. The normalized spacial score (nSPS) is 16.6. The first-order valence-corrected chi connectivity index (χ1v) is 9.19. The number of aliphatic hydroxyl groups excluding tert-OH is 1. The second-order valence-corrected chi connectivity index (χ2v) is 6.89. The molecule has 0 saturated carbocycles. The van der Waals surface area contributed by atoms with E-state index in [1.807, 2.05) is 54.6 Å². The lowest BCUT2D eigenvalue weighted by Gasteiger charge is -2.27. The zero-order valence-electron chi connectivity index (χ0n) is 15.2. The molecule has 0 spiro atoms. The summed E-state index contributed by atoms with van der Waals surface area (Å²) < 4.78 is 5.22. The van der Waals surface area contributed by atoms with Crippen molar-refractivity contribution in [2.75, 3.05) is 12.0 Å². The number of hydrogen-bond acceptors (Lipinski definition) is 3. The molecule has 4 nitrogen and oxygen atoms in total. The Morgan fingerprint density at radius 3 is 2.18 bits per heavy atom. The number of carbonyl (C=O) groups excluding carboxylic acids is 1. The zero-order valence-corrected chi connectivity index (χ0v) is 15.9. The average molecular weight is 392 g/mol. The van der Waals surface area contributed by atoms with Crippen LogP contribution in [0.1, 0.15) is 17.2 Å². The first kappa shape index (κ1) is 18.1. The summed E-state index contributed by atoms with van der Waals surface area (Å²) in [6.45, 7) is 0. The van der Waals surface area contributed by atoms with Crippen LogP contribution in [0.15, 0.2) is 84.6 Å². The van der Waals surface area contributed by atoms with Gasteiger partial charge in [0.05, 0.1) is 13.2 Å². The number of hydrogen-bond donors (Lipinski definition) is 1. The fourth-order valence-electron chi connectivity index (χ4n) is 3.49. The van der Waals surface area contributed by atoms with E-state index in [1.54, 1.807) is 36.3 Å². The number of ether oxygens (including phenoxy) is 1. The van der Waals surface area contributed by atoms with Crippen molar-refractivity contribution in [3.63, 3.8) is 0 Å². The monoisotopic (exact) mass is 391 g/mol. The van der Waals surface area contributed by atoms with Gasteiger partial charge in [-0.1, -0.05) is 54.1 Å². The largest absolute Gasteiger partial charge is 0.503 e. The third-order valence-electron chi connectivity index (χ3n) is 4.83. The minimum Gasteiger partial charge on any atom is -0.503 e. The first-order valence-electron chi connectivity index (χ1n) is 8.82. The molecule has 28 heavy (non-hydrogen) atoms. The highest BCUT2D eigenvalue weighted by Gasteiger charge is 2.41. The van der Waals surface area contributed by atoms with Gasteiger partial charge in [0.1, 0.15) is 5.75 Å². The molecular weight excluding hydrogens is 374 g/mol. The van der Waals surface area contributed by atoms with Crippen molar-refractivity contribution in [3.05, 3.63) is 101 Å². The topological polar surface area (TPSA) is 49.8 Å². The summed E-state index contributed by atoms with van der Waals surface area (Å²) >= 11 is 6.01. The maximum absolute atomic E-state index is 13.0. The molecule has 3 aromatic rings. The molecule has 1 amide bonds. The molecule has 140 valence electrons. The van der Waals surface area contributed by atoms with E-state index < -0.39 is 11.9 Å². The van der Waals surface area contributed by atoms with Crippen molar-refractivity contribution in [2.45, 2.75) is 6.04 Å². The predicted octanol–water partition coefficient (Wildman–Crippen LogP) is 5.41. The van der Waals surface area contributed by atoms with Crippen molar-refractivity contribution in [3.8, 4) is 5.75 Å². The Morgan fingerprint density at radius 2 is 1.57 bits per heavy atom. The molecule has 0 radical (unpaired) electrons. The van der Waals surface area contributed by atoms with E-state index in [9.17, 15) is 9.90 Å². The van der Waals surface area contributed by atoms with Gasteiger partial charge in [-0.05, 0) is 47.5 Å². The summed E-state index contributed by atoms with van der Waals surface area (Å²) in [6.07, 6.45) is 0. The number of halogens is 1. The fraction of sp³-hybridized carbons (Fsp3) is 0.0870. The van der Waals surface area contributed by atoms with E-state index in [4.69, 9.17) is 16.3 Å². The molecule has 0 aliphatic carbocycles. The van der Waals surface area contributed by atoms with Gasteiger partial charge >= 0.3 is 0 Å². The Hall–Kier alpha value is -3.24. The standard InChI is InChI=1S/C23H18ClNO3/c1-28-19-13-7-15(8-14-19)20-21(16-5-3-2-4-6-16)25(23(27)22(20)26)18-11-9-17(24)10-12-18/h2-14,21,26H,1H3/t21-/m1/s1. The van der Waals surface area contributed by atoms with Crippen LogP contribution in [0.25, 0.3) is 5.57 Å². The first-order chi connectivity index (χ1) is 13.6. The highest BCUT2D eigenvalue weighted by molar-refractivity contribution is 6.30. The average Bonchev–Trinajstić information content (AvgIpc) is 3.00. The van der Waals surface area contributed by atoms with Crippen LogP contribution in [-0.2, 0) is 4.79 Å². The molecule has 4 rings (SSSR count). The van der Waals surface area contributed by atoms with Gasteiger partial charge in [0.25, 0.3) is 5.91 Å². The summed E-state index contributed by atoms with van der Waals surface area (Å²) in [5.74, 6) is 0.00921. The van der Waals surface area contributed by atoms with Crippen LogP contribution in [0.2, 0.25) is 5.02 Å². The maximum atomic E-state index is 13.0. The van der Waals surface area contributed by atoms with E-state index in [1.165, 1.54) is 0 Å². The predicted molar refractivity (Wildman–Crippen MR) is 111 cm³/mol. The summed E-state index contributed by atoms with van der Waals surface area (Å²) in [4.78, 5) is 14.6. The fourth-order valence-corrected chi connectivity index (χ4v) is 3.62. The van der Waals surface area contributed by atoms with Gasteiger partial charge in [-0.15, -0.1) is 0 Å². The van der Waals surface area contributed by atoms with Crippen molar-refractivity contribution in [1.82, 2.24) is 0 Å². The van der Waals surface area contributed by atoms with Gasteiger partial charge in [0, 0.05) is 16.3 Å². The number of amides is 1. The summed E-state index contributed by atoms with van der Waals surface area (Å²) in [7, 11) is 1.60. The van der Waals surface area contributed by atoms with Crippen LogP contribution in [0, 0.1) is 0 Å². The Kier molecular flexibility index (Phi) is 4.80. The van der Waals surface area contributed by atoms with E-state index in [-0.39, 0.29) is 5.76 Å². The van der Waals surface area contributed by atoms with Gasteiger partial charge in [0.2, 0.25) is 0 Å². The molecule has 3 aromatic carbocycles. The van der Waals surface area contributed by atoms with Crippen molar-refractivity contribution in [1.29, 1.82) is 0 Å². The van der Waals surface area contributed by atoms with E-state index in [2.05, 4.69) is 0 Å². The highest BCUT2D eigenvalue weighted by atomic mass is 35.5. The number of nitrogens with zero attached hydrogens (tertiary/aromatic N) is 1. The number of aliphatic hydroxyl groups is 1. The highest BCUT2D eigenvalue weighted by Crippen LogP contribution is 2.45. The Labute approximate surface area is 168 Å². The minimum atomic E-state index is -0.455. The van der Waals surface area contributed by atoms with Crippen LogP contribution < -0.4 is 9.64 Å². The van der Waals surface area contributed by atoms with E-state index >= 15 is 0 Å². The number of anilines is 1. The number of benzene rings is 3. The summed E-state index contributed by atoms with van der Waals surface area (Å²) in [5, 5.41) is 11.4. The van der Waals surface area contributed by atoms with Crippen LogP contribution in [0.3, 0.4) is 0 Å². The minimum absolute atomic E-state index is 0.256. The zero-order chi connectivity index (χ0) is 19.7. The quantitative estimate of drug-likeness (QED) is 0.647. The molecular formula is C23H18ClNO3. The van der Waals surface area contributed by atoms with Crippen LogP contribution in [-0.4, -0.2) is 18.1 Å². The lowest BCUT2D eigenvalue weighted by molar-refractivity contribution is -0.117. The molecule has 1 aliphatic rings. The molecule has 1 atom stereocenters. The van der Waals surface area contributed by atoms with Crippen LogP contribution in [0.4, 0.5) is 5.69 Å². The Morgan fingerprint density at radius 1 is 0.929 bits per heavy atom. The van der Waals surface area contributed by atoms with Crippen molar-refractivity contribution in [2.24, 2.45) is 0 Å². The van der Waals surface area contributed by atoms with Gasteiger partial charge in [-0.25, -0.2) is 0 Å². The molecule has 0 unspecified atom stereocenters. The number of methoxy groups -OCH3 is 1. The van der Waals surface area contributed by atoms with Gasteiger partial charge < -0.3 is 9.84 Å². The van der Waals surface area contributed by atoms with Crippen LogP contribution >= 0.6 is 11.6 Å². The SMILES string of the molecule is COc1ccc(C2=C(O)C(=O)N(c3ccc(Cl)cc3)[C@@H]2c2ccccc2)cc1. The third-order valence-corrected chi connectivity index (χ3v) is 5.08. The molecule has 0 fully saturated rings. The number of rotatable bonds is 4. The number of carbonyl (C=O) groups is 1. The third kappa shape index (κ3) is 3.12. The Bertz CT molecular complexity index is 1030. The lowest BCUT2D eigenvalue weighted by Crippen LogP contribution is -2.30. The molecule has 1 heterocycles. The van der Waals surface area contributed by atoms with Crippen molar-refractivity contribution >= 4 is 28.8 Å². The lowest BCUT2D eigenvalue weighted by atomic mass is 9.93. The summed E-state index contributed by atoms with van der Waals surface area (Å²) in [6, 6.07) is 23.5. The summed E-state index contributed by atoms with van der Waals surface area (Å²) in [5.41, 5.74) is 2.89. The van der Waals surface area contributed by atoms with Gasteiger partial charge in [0.15, 0.2) is 5.76 Å². The smallest absolute Gasteiger partial charge is 0.294 e. The van der Waals surface area contributed by atoms with E-state index in [0.29, 0.717) is 22.0 Å². The van der Waals surface area contributed by atoms with Crippen molar-refractivity contribution < 1.29 is 14.6 Å². The Balaban J connectivity index is 1.87. The second-order valence-electron chi connectivity index (χ2n) is 6.46.